The highest BCUT2D eigenvalue weighted by molar-refractivity contribution is 9.10. The number of nitrogens with zero attached hydrogens (tertiary/aromatic N) is 2. The van der Waals surface area contributed by atoms with E-state index < -0.39 is 0 Å². The van der Waals surface area contributed by atoms with Crippen LogP contribution >= 0.6 is 15.9 Å². The molecule has 0 aliphatic heterocycles. The molecule has 0 unspecified atom stereocenters. The molecule has 2 rings (SSSR count). The van der Waals surface area contributed by atoms with E-state index in [9.17, 15) is 0 Å². The Morgan fingerprint density at radius 3 is 2.94 bits per heavy atom. The van der Waals surface area contributed by atoms with Crippen molar-refractivity contribution in [2.45, 2.75) is 13.3 Å². The molecule has 0 amide bonds. The van der Waals surface area contributed by atoms with Crippen molar-refractivity contribution in [3.05, 3.63) is 41.0 Å². The lowest BCUT2D eigenvalue weighted by atomic mass is 10.3. The summed E-state index contributed by atoms with van der Waals surface area (Å²) in [7, 11) is 0. The van der Waals surface area contributed by atoms with Gasteiger partial charge in [-0.25, -0.2) is 4.98 Å². The number of anilines is 3. The topological polar surface area (TPSA) is 49.8 Å². The molecule has 94 valence electrons. The van der Waals surface area contributed by atoms with Crippen LogP contribution in [0.1, 0.15) is 13.3 Å². The highest BCUT2D eigenvalue weighted by Gasteiger charge is 1.99. The Morgan fingerprint density at radius 2 is 2.17 bits per heavy atom. The lowest BCUT2D eigenvalue weighted by Gasteiger charge is -2.08. The summed E-state index contributed by atoms with van der Waals surface area (Å²) in [6, 6.07) is 9.80. The first-order chi connectivity index (χ1) is 8.78. The van der Waals surface area contributed by atoms with Gasteiger partial charge in [0.1, 0.15) is 5.82 Å². The fourth-order valence-corrected chi connectivity index (χ4v) is 1.86. The zero-order valence-electron chi connectivity index (χ0n) is 10.2. The molecule has 0 saturated heterocycles. The monoisotopic (exact) mass is 306 g/mol. The molecule has 0 spiro atoms. The quantitative estimate of drug-likeness (QED) is 0.882. The van der Waals surface area contributed by atoms with Crippen molar-refractivity contribution in [3.63, 3.8) is 0 Å². The van der Waals surface area contributed by atoms with E-state index in [-0.39, 0.29) is 0 Å². The molecule has 4 nitrogen and oxygen atoms in total. The van der Waals surface area contributed by atoms with Crippen molar-refractivity contribution < 1.29 is 0 Å². The molecule has 18 heavy (non-hydrogen) atoms. The molecule has 0 atom stereocenters. The Kier molecular flexibility index (Phi) is 4.52. The Labute approximate surface area is 115 Å². The molecule has 1 aromatic carbocycles. The zero-order chi connectivity index (χ0) is 12.8. The molecule has 0 fully saturated rings. The summed E-state index contributed by atoms with van der Waals surface area (Å²) < 4.78 is 1.03. The number of benzene rings is 1. The average Bonchev–Trinajstić information content (AvgIpc) is 2.37. The van der Waals surface area contributed by atoms with E-state index in [4.69, 9.17) is 0 Å². The van der Waals surface area contributed by atoms with Gasteiger partial charge in [0.15, 0.2) is 0 Å². The van der Waals surface area contributed by atoms with E-state index >= 15 is 0 Å². The largest absolute Gasteiger partial charge is 0.354 e. The first kappa shape index (κ1) is 12.8. The number of hydrogen-bond donors (Lipinski definition) is 2. The van der Waals surface area contributed by atoms with Gasteiger partial charge in [-0.2, -0.15) is 4.98 Å². The second-order valence-corrected chi connectivity index (χ2v) is 4.74. The van der Waals surface area contributed by atoms with Crippen molar-refractivity contribution in [2.24, 2.45) is 0 Å². The fraction of sp³-hybridized carbons (Fsp3) is 0.231. The molecule has 0 bridgehead atoms. The molecule has 1 aromatic heterocycles. The van der Waals surface area contributed by atoms with Crippen LogP contribution in [-0.4, -0.2) is 16.5 Å². The van der Waals surface area contributed by atoms with Crippen molar-refractivity contribution in [3.8, 4) is 0 Å². The van der Waals surface area contributed by atoms with Gasteiger partial charge < -0.3 is 10.6 Å². The lowest BCUT2D eigenvalue weighted by molar-refractivity contribution is 0.953. The van der Waals surface area contributed by atoms with Crippen LogP contribution in [0.2, 0.25) is 0 Å². The minimum Gasteiger partial charge on any atom is -0.354 e. The van der Waals surface area contributed by atoms with Gasteiger partial charge in [-0.1, -0.05) is 28.9 Å². The van der Waals surface area contributed by atoms with Crippen LogP contribution in [0.3, 0.4) is 0 Å². The molecule has 0 saturated carbocycles. The summed E-state index contributed by atoms with van der Waals surface area (Å²) in [4.78, 5) is 8.55. The highest BCUT2D eigenvalue weighted by atomic mass is 79.9. The lowest BCUT2D eigenvalue weighted by Crippen LogP contribution is -2.05. The van der Waals surface area contributed by atoms with Crippen LogP contribution in [0.15, 0.2) is 41.0 Å². The molecule has 2 N–H and O–H groups in total. The first-order valence-corrected chi connectivity index (χ1v) is 6.67. The molecule has 5 heteroatoms. The third-order valence-electron chi connectivity index (χ3n) is 2.29. The zero-order valence-corrected chi connectivity index (χ0v) is 11.7. The molecular weight excluding hydrogens is 292 g/mol. The third kappa shape index (κ3) is 3.70. The number of nitrogens with one attached hydrogen (secondary N) is 2. The second-order valence-electron chi connectivity index (χ2n) is 3.83. The van der Waals surface area contributed by atoms with E-state index in [0.29, 0.717) is 5.95 Å². The van der Waals surface area contributed by atoms with Crippen molar-refractivity contribution >= 4 is 33.4 Å². The molecule has 0 radical (unpaired) electrons. The van der Waals surface area contributed by atoms with E-state index in [0.717, 1.165) is 28.9 Å². The third-order valence-corrected chi connectivity index (χ3v) is 2.78. The number of halogens is 1. The minimum atomic E-state index is 0.650. The van der Waals surface area contributed by atoms with Gasteiger partial charge in [0.25, 0.3) is 0 Å². The summed E-state index contributed by atoms with van der Waals surface area (Å²) in [5, 5.41) is 6.40. The molecule has 0 aliphatic rings. The maximum absolute atomic E-state index is 4.39. The van der Waals surface area contributed by atoms with Gasteiger partial charge in [0, 0.05) is 22.9 Å². The highest BCUT2D eigenvalue weighted by Crippen LogP contribution is 2.19. The van der Waals surface area contributed by atoms with Crippen LogP contribution in [0.5, 0.6) is 0 Å². The maximum Gasteiger partial charge on any atom is 0.224 e. The van der Waals surface area contributed by atoms with Crippen molar-refractivity contribution in [2.75, 3.05) is 17.2 Å². The van der Waals surface area contributed by atoms with Crippen molar-refractivity contribution in [1.29, 1.82) is 0 Å². The standard InChI is InChI=1S/C13H15BrN4/c1-2-7-15-13-16-8-6-12(18-13)17-11-5-3-4-10(14)9-11/h3-6,8-9H,2,7H2,1H3,(H2,15,16,17,18). The van der Waals surface area contributed by atoms with Gasteiger partial charge in [0.05, 0.1) is 0 Å². The van der Waals surface area contributed by atoms with Crippen LogP contribution in [0.25, 0.3) is 0 Å². The van der Waals surface area contributed by atoms with E-state index in [1.54, 1.807) is 6.20 Å². The van der Waals surface area contributed by atoms with Crippen molar-refractivity contribution in [1.82, 2.24) is 9.97 Å². The molecule has 2 aromatic rings. The molecule has 0 aliphatic carbocycles. The van der Waals surface area contributed by atoms with Crippen LogP contribution in [0.4, 0.5) is 17.5 Å². The predicted octanol–water partition coefficient (Wildman–Crippen LogP) is 3.80. The van der Waals surface area contributed by atoms with Gasteiger partial charge >= 0.3 is 0 Å². The number of aromatic nitrogens is 2. The first-order valence-electron chi connectivity index (χ1n) is 5.87. The van der Waals surface area contributed by atoms with E-state index in [2.05, 4.69) is 43.5 Å². The summed E-state index contributed by atoms with van der Waals surface area (Å²) in [5.74, 6) is 1.43. The summed E-state index contributed by atoms with van der Waals surface area (Å²) in [6.45, 7) is 2.98. The predicted molar refractivity (Wildman–Crippen MR) is 78.2 cm³/mol. The second kappa shape index (κ2) is 6.35. The summed E-state index contributed by atoms with van der Waals surface area (Å²) in [5.41, 5.74) is 0.990. The Bertz CT molecular complexity index is 516. The minimum absolute atomic E-state index is 0.650. The number of hydrogen-bond acceptors (Lipinski definition) is 4. The number of rotatable bonds is 5. The normalized spacial score (nSPS) is 10.1. The van der Waals surface area contributed by atoms with Gasteiger partial charge in [0.2, 0.25) is 5.95 Å². The molecular formula is C13H15BrN4. The Morgan fingerprint density at radius 1 is 1.28 bits per heavy atom. The van der Waals surface area contributed by atoms with Gasteiger partial charge in [-0.3, -0.25) is 0 Å². The van der Waals surface area contributed by atoms with Gasteiger partial charge in [-0.15, -0.1) is 0 Å². The van der Waals surface area contributed by atoms with Crippen LogP contribution in [0, 0.1) is 0 Å². The Hall–Kier alpha value is -1.62. The van der Waals surface area contributed by atoms with E-state index in [1.807, 2.05) is 30.3 Å². The summed E-state index contributed by atoms with van der Waals surface area (Å²) >= 11 is 3.44. The maximum atomic E-state index is 4.39. The smallest absolute Gasteiger partial charge is 0.224 e. The Balaban J connectivity index is 2.09. The van der Waals surface area contributed by atoms with E-state index in [1.165, 1.54) is 0 Å². The molecule has 1 heterocycles. The van der Waals surface area contributed by atoms with Crippen LogP contribution < -0.4 is 10.6 Å². The average molecular weight is 307 g/mol. The fourth-order valence-electron chi connectivity index (χ4n) is 1.46. The summed E-state index contributed by atoms with van der Waals surface area (Å²) in [6.07, 6.45) is 2.79. The van der Waals surface area contributed by atoms with Crippen LogP contribution in [-0.2, 0) is 0 Å². The SMILES string of the molecule is CCCNc1nccc(Nc2cccc(Br)c2)n1. The van der Waals surface area contributed by atoms with Gasteiger partial charge in [-0.05, 0) is 30.7 Å².